The highest BCUT2D eigenvalue weighted by atomic mass is 19.1. The maximum atomic E-state index is 13.8. The van der Waals surface area contributed by atoms with Crippen LogP contribution in [-0.2, 0) is 0 Å². The van der Waals surface area contributed by atoms with Crippen molar-refractivity contribution in [3.05, 3.63) is 42.7 Å². The molecule has 0 radical (unpaired) electrons. The highest BCUT2D eigenvalue weighted by Gasteiger charge is 2.29. The highest BCUT2D eigenvalue weighted by molar-refractivity contribution is 5.60. The Morgan fingerprint density at radius 2 is 1.65 bits per heavy atom. The van der Waals surface area contributed by atoms with Gasteiger partial charge in [0.2, 0.25) is 0 Å². The second-order valence-electron chi connectivity index (χ2n) is 5.52. The van der Waals surface area contributed by atoms with Crippen molar-refractivity contribution in [1.82, 2.24) is 9.97 Å². The lowest BCUT2D eigenvalue weighted by atomic mass is 9.95. The molecule has 0 aliphatic carbocycles. The smallest absolute Gasteiger partial charge is 0.159 e. The monoisotopic (exact) mass is 271 g/mol. The fourth-order valence-electron chi connectivity index (χ4n) is 2.50. The summed E-state index contributed by atoms with van der Waals surface area (Å²) >= 11 is 0. The molecule has 0 spiro atoms. The summed E-state index contributed by atoms with van der Waals surface area (Å²) in [6.45, 7) is 3.24. The summed E-state index contributed by atoms with van der Waals surface area (Å²) in [4.78, 5) is 10.7. The van der Waals surface area contributed by atoms with E-state index < -0.39 is 5.67 Å². The minimum absolute atomic E-state index is 0.594. The van der Waals surface area contributed by atoms with Gasteiger partial charge in [0.1, 0.15) is 5.67 Å². The van der Waals surface area contributed by atoms with E-state index in [1.165, 1.54) is 0 Å². The van der Waals surface area contributed by atoms with Crippen molar-refractivity contribution in [2.24, 2.45) is 0 Å². The maximum absolute atomic E-state index is 13.8. The number of aromatic nitrogens is 2. The Kier molecular flexibility index (Phi) is 3.38. The number of piperidine rings is 1. The van der Waals surface area contributed by atoms with E-state index in [-0.39, 0.29) is 0 Å². The summed E-state index contributed by atoms with van der Waals surface area (Å²) in [6, 6.07) is 9.97. The molecule has 2 aromatic rings. The molecule has 0 atom stereocenters. The van der Waals surface area contributed by atoms with E-state index in [2.05, 4.69) is 27.0 Å². The van der Waals surface area contributed by atoms with Gasteiger partial charge in [-0.1, -0.05) is 0 Å². The van der Waals surface area contributed by atoms with Gasteiger partial charge in [-0.25, -0.2) is 14.4 Å². The van der Waals surface area contributed by atoms with E-state index in [1.54, 1.807) is 25.4 Å². The fourth-order valence-corrected chi connectivity index (χ4v) is 2.50. The lowest BCUT2D eigenvalue weighted by Crippen LogP contribution is -2.40. The molecule has 0 N–H and O–H groups in total. The van der Waals surface area contributed by atoms with Crippen LogP contribution in [0, 0.1) is 0 Å². The second kappa shape index (κ2) is 5.19. The first-order chi connectivity index (χ1) is 9.64. The van der Waals surface area contributed by atoms with Crippen molar-refractivity contribution in [2.45, 2.75) is 25.4 Å². The molecular weight excluding hydrogens is 253 g/mol. The van der Waals surface area contributed by atoms with Crippen LogP contribution >= 0.6 is 0 Å². The zero-order valence-corrected chi connectivity index (χ0v) is 11.6. The van der Waals surface area contributed by atoms with E-state index in [0.717, 1.165) is 30.2 Å². The van der Waals surface area contributed by atoms with Gasteiger partial charge >= 0.3 is 0 Å². The molecule has 3 nitrogen and oxygen atoms in total. The molecular formula is C16H18FN3. The average Bonchev–Trinajstić information content (AvgIpc) is 2.48. The number of hydrogen-bond acceptors (Lipinski definition) is 3. The number of anilines is 1. The van der Waals surface area contributed by atoms with E-state index in [1.807, 2.05) is 12.1 Å². The normalized spacial score (nSPS) is 18.0. The quantitative estimate of drug-likeness (QED) is 0.837. The Bertz CT molecular complexity index is 556. The summed E-state index contributed by atoms with van der Waals surface area (Å²) < 4.78 is 13.8. The van der Waals surface area contributed by atoms with Crippen LogP contribution in [0.4, 0.5) is 10.1 Å². The first-order valence-corrected chi connectivity index (χ1v) is 6.95. The van der Waals surface area contributed by atoms with Gasteiger partial charge in [0.15, 0.2) is 5.82 Å². The number of benzene rings is 1. The second-order valence-corrected chi connectivity index (χ2v) is 5.52. The standard InChI is InChI=1S/C16H18FN3/c1-16(17)7-11-20(12-8-16)14-5-3-13(4-6-14)15-18-9-2-10-19-15/h2-6,9-10H,7-8,11-12H2,1H3. The van der Waals surface area contributed by atoms with Crippen LogP contribution in [0.1, 0.15) is 19.8 Å². The third-order valence-electron chi connectivity index (χ3n) is 3.86. The zero-order valence-electron chi connectivity index (χ0n) is 11.6. The summed E-state index contributed by atoms with van der Waals surface area (Å²) in [5, 5.41) is 0. The van der Waals surface area contributed by atoms with E-state index in [0.29, 0.717) is 12.8 Å². The summed E-state index contributed by atoms with van der Waals surface area (Å²) in [7, 11) is 0. The van der Waals surface area contributed by atoms with Crippen molar-refractivity contribution < 1.29 is 4.39 Å². The van der Waals surface area contributed by atoms with Crippen LogP contribution in [0.15, 0.2) is 42.7 Å². The summed E-state index contributed by atoms with van der Waals surface area (Å²) in [5.74, 6) is 0.731. The lowest BCUT2D eigenvalue weighted by Gasteiger charge is -2.35. The average molecular weight is 271 g/mol. The molecule has 1 fully saturated rings. The highest BCUT2D eigenvalue weighted by Crippen LogP contribution is 2.29. The van der Waals surface area contributed by atoms with Crippen LogP contribution < -0.4 is 4.90 Å². The van der Waals surface area contributed by atoms with Crippen LogP contribution in [0.25, 0.3) is 11.4 Å². The predicted molar refractivity (Wildman–Crippen MR) is 78.4 cm³/mol. The number of alkyl halides is 1. The fraction of sp³-hybridized carbons (Fsp3) is 0.375. The van der Waals surface area contributed by atoms with Crippen LogP contribution in [0.5, 0.6) is 0 Å². The van der Waals surface area contributed by atoms with Gasteiger partial charge in [-0.15, -0.1) is 0 Å². The Morgan fingerprint density at radius 1 is 1.05 bits per heavy atom. The number of halogens is 1. The molecule has 1 saturated heterocycles. The van der Waals surface area contributed by atoms with Crippen LogP contribution in [0.2, 0.25) is 0 Å². The number of hydrogen-bond donors (Lipinski definition) is 0. The largest absolute Gasteiger partial charge is 0.371 e. The van der Waals surface area contributed by atoms with Gasteiger partial charge in [0, 0.05) is 36.7 Å². The molecule has 4 heteroatoms. The molecule has 20 heavy (non-hydrogen) atoms. The van der Waals surface area contributed by atoms with Gasteiger partial charge in [0.25, 0.3) is 0 Å². The molecule has 0 unspecified atom stereocenters. The van der Waals surface area contributed by atoms with E-state index in [9.17, 15) is 4.39 Å². The summed E-state index contributed by atoms with van der Waals surface area (Å²) in [6.07, 6.45) is 4.67. The molecule has 1 aromatic carbocycles. The molecule has 1 aliphatic rings. The minimum Gasteiger partial charge on any atom is -0.371 e. The summed E-state index contributed by atoms with van der Waals surface area (Å²) in [5.41, 5.74) is 1.13. The predicted octanol–water partition coefficient (Wildman–Crippen LogP) is 3.47. The third kappa shape index (κ3) is 2.79. The van der Waals surface area contributed by atoms with Gasteiger partial charge in [-0.3, -0.25) is 0 Å². The number of rotatable bonds is 2. The molecule has 104 valence electrons. The van der Waals surface area contributed by atoms with Crippen molar-refractivity contribution >= 4 is 5.69 Å². The topological polar surface area (TPSA) is 29.0 Å². The van der Waals surface area contributed by atoms with Gasteiger partial charge in [0.05, 0.1) is 0 Å². The van der Waals surface area contributed by atoms with Gasteiger partial charge in [-0.2, -0.15) is 0 Å². The molecule has 0 bridgehead atoms. The molecule has 1 aromatic heterocycles. The third-order valence-corrected chi connectivity index (χ3v) is 3.86. The zero-order chi connectivity index (χ0) is 14.0. The van der Waals surface area contributed by atoms with Gasteiger partial charge < -0.3 is 4.90 Å². The Hall–Kier alpha value is -1.97. The van der Waals surface area contributed by atoms with Crippen molar-refractivity contribution in [1.29, 1.82) is 0 Å². The first-order valence-electron chi connectivity index (χ1n) is 6.95. The van der Waals surface area contributed by atoms with Gasteiger partial charge in [-0.05, 0) is 50.1 Å². The van der Waals surface area contributed by atoms with Crippen molar-refractivity contribution in [3.63, 3.8) is 0 Å². The first kappa shape index (κ1) is 13.0. The van der Waals surface area contributed by atoms with E-state index in [4.69, 9.17) is 0 Å². The Balaban J connectivity index is 1.74. The minimum atomic E-state index is -1.01. The molecule has 1 aliphatic heterocycles. The number of nitrogens with zero attached hydrogens (tertiary/aromatic N) is 3. The Labute approximate surface area is 118 Å². The molecule has 3 rings (SSSR count). The Morgan fingerprint density at radius 3 is 2.25 bits per heavy atom. The lowest BCUT2D eigenvalue weighted by molar-refractivity contribution is 0.149. The van der Waals surface area contributed by atoms with Crippen LogP contribution in [0.3, 0.4) is 0 Å². The molecule has 2 heterocycles. The molecule has 0 amide bonds. The van der Waals surface area contributed by atoms with E-state index >= 15 is 0 Å². The van der Waals surface area contributed by atoms with Crippen molar-refractivity contribution in [2.75, 3.05) is 18.0 Å². The molecule has 0 saturated carbocycles. The SMILES string of the molecule is CC1(F)CCN(c2ccc(-c3ncccn3)cc2)CC1. The maximum Gasteiger partial charge on any atom is 0.159 e. The van der Waals surface area contributed by atoms with Crippen molar-refractivity contribution in [3.8, 4) is 11.4 Å². The van der Waals surface area contributed by atoms with Crippen LogP contribution in [-0.4, -0.2) is 28.7 Å².